The number of rotatable bonds is 4. The standard InChI is InChI=1S/C13H15N3O4S/c1-9-8-12(20-15-9)14-13(17)10-4-6-11(7-5-10)21(18,19)16(2)3/h4-8H,1-3H3,(H,14,17). The number of sulfonamides is 1. The maximum atomic E-state index is 12.0. The SMILES string of the molecule is Cc1cc(NC(=O)c2ccc(S(=O)(=O)N(C)C)cc2)on1. The lowest BCUT2D eigenvalue weighted by Gasteiger charge is -2.11. The minimum atomic E-state index is -3.50. The number of nitrogens with zero attached hydrogens (tertiary/aromatic N) is 2. The van der Waals surface area contributed by atoms with E-state index in [1.807, 2.05) is 0 Å². The summed E-state index contributed by atoms with van der Waals surface area (Å²) >= 11 is 0. The molecule has 1 N–H and O–H groups in total. The van der Waals surface area contributed by atoms with Gasteiger partial charge in [-0.2, -0.15) is 0 Å². The Morgan fingerprint density at radius 3 is 2.33 bits per heavy atom. The van der Waals surface area contributed by atoms with E-state index < -0.39 is 15.9 Å². The second kappa shape index (κ2) is 5.66. The Morgan fingerprint density at radius 1 is 1.24 bits per heavy atom. The van der Waals surface area contributed by atoms with Gasteiger partial charge in [-0.15, -0.1) is 0 Å². The fraction of sp³-hybridized carbons (Fsp3) is 0.231. The highest BCUT2D eigenvalue weighted by molar-refractivity contribution is 7.89. The smallest absolute Gasteiger partial charge is 0.258 e. The van der Waals surface area contributed by atoms with Gasteiger partial charge >= 0.3 is 0 Å². The van der Waals surface area contributed by atoms with Crippen LogP contribution in [0.2, 0.25) is 0 Å². The second-order valence-electron chi connectivity index (χ2n) is 4.60. The number of hydrogen-bond acceptors (Lipinski definition) is 5. The monoisotopic (exact) mass is 309 g/mol. The van der Waals surface area contributed by atoms with E-state index in [4.69, 9.17) is 4.52 Å². The van der Waals surface area contributed by atoms with Gasteiger partial charge in [0.2, 0.25) is 15.9 Å². The Bertz CT molecular complexity index is 748. The highest BCUT2D eigenvalue weighted by Crippen LogP contribution is 2.15. The van der Waals surface area contributed by atoms with Crippen LogP contribution in [0.25, 0.3) is 0 Å². The number of amides is 1. The molecule has 0 aliphatic heterocycles. The van der Waals surface area contributed by atoms with E-state index in [-0.39, 0.29) is 10.8 Å². The molecule has 0 radical (unpaired) electrons. The lowest BCUT2D eigenvalue weighted by atomic mass is 10.2. The van der Waals surface area contributed by atoms with Gasteiger partial charge < -0.3 is 4.52 Å². The summed E-state index contributed by atoms with van der Waals surface area (Å²) in [6.07, 6.45) is 0. The van der Waals surface area contributed by atoms with Gasteiger partial charge in [-0.25, -0.2) is 12.7 Å². The fourth-order valence-corrected chi connectivity index (χ4v) is 2.50. The molecular weight excluding hydrogens is 294 g/mol. The molecule has 1 amide bonds. The van der Waals surface area contributed by atoms with Gasteiger partial charge in [0.05, 0.1) is 10.6 Å². The van der Waals surface area contributed by atoms with Crippen LogP contribution in [-0.4, -0.2) is 37.9 Å². The Hall–Kier alpha value is -2.19. The molecule has 0 unspecified atom stereocenters. The Labute approximate surface area is 122 Å². The fourth-order valence-electron chi connectivity index (χ4n) is 1.60. The highest BCUT2D eigenvalue weighted by Gasteiger charge is 2.17. The summed E-state index contributed by atoms with van der Waals surface area (Å²) in [4.78, 5) is 12.1. The summed E-state index contributed by atoms with van der Waals surface area (Å²) in [6, 6.07) is 7.23. The van der Waals surface area contributed by atoms with Crippen molar-refractivity contribution in [2.75, 3.05) is 19.4 Å². The number of nitrogens with one attached hydrogen (secondary N) is 1. The van der Waals surface area contributed by atoms with Crippen molar-refractivity contribution in [2.45, 2.75) is 11.8 Å². The molecule has 0 aliphatic carbocycles. The summed E-state index contributed by atoms with van der Waals surface area (Å²) < 4.78 is 29.8. The van der Waals surface area contributed by atoms with Crippen molar-refractivity contribution in [1.82, 2.24) is 9.46 Å². The number of benzene rings is 1. The molecule has 0 aliphatic rings. The lowest BCUT2D eigenvalue weighted by Crippen LogP contribution is -2.22. The van der Waals surface area contributed by atoms with Crippen LogP contribution in [0.4, 0.5) is 5.88 Å². The van der Waals surface area contributed by atoms with Crippen LogP contribution in [0.5, 0.6) is 0 Å². The molecule has 0 saturated heterocycles. The van der Waals surface area contributed by atoms with Crippen LogP contribution < -0.4 is 5.32 Å². The van der Waals surface area contributed by atoms with Crippen LogP contribution >= 0.6 is 0 Å². The number of aromatic nitrogens is 1. The third-order valence-electron chi connectivity index (χ3n) is 2.76. The first-order chi connectivity index (χ1) is 9.80. The van der Waals surface area contributed by atoms with E-state index in [1.54, 1.807) is 13.0 Å². The summed E-state index contributed by atoms with van der Waals surface area (Å²) in [5, 5.41) is 6.19. The van der Waals surface area contributed by atoms with Crippen molar-refractivity contribution < 1.29 is 17.7 Å². The summed E-state index contributed by atoms with van der Waals surface area (Å²) in [5.41, 5.74) is 0.972. The zero-order valence-corrected chi connectivity index (χ0v) is 12.6. The van der Waals surface area contributed by atoms with Crippen LogP contribution in [0.1, 0.15) is 16.1 Å². The molecule has 0 fully saturated rings. The summed E-state index contributed by atoms with van der Waals surface area (Å²) in [7, 11) is -0.609. The third kappa shape index (κ3) is 3.29. The Morgan fingerprint density at radius 2 is 1.86 bits per heavy atom. The van der Waals surface area contributed by atoms with Gasteiger partial charge in [0, 0.05) is 25.7 Å². The minimum absolute atomic E-state index is 0.125. The number of carbonyl (C=O) groups excluding carboxylic acids is 1. The zero-order chi connectivity index (χ0) is 15.6. The molecule has 2 aromatic rings. The maximum absolute atomic E-state index is 12.0. The molecule has 0 atom stereocenters. The van der Waals surface area contributed by atoms with Gasteiger partial charge in [0.25, 0.3) is 5.91 Å². The van der Waals surface area contributed by atoms with E-state index in [2.05, 4.69) is 10.5 Å². The normalized spacial score (nSPS) is 11.6. The van der Waals surface area contributed by atoms with Crippen LogP contribution in [0.3, 0.4) is 0 Å². The summed E-state index contributed by atoms with van der Waals surface area (Å²) in [5.74, 6) is -0.164. The first-order valence-corrected chi connectivity index (χ1v) is 7.52. The molecule has 112 valence electrons. The molecule has 1 aromatic carbocycles. The molecule has 21 heavy (non-hydrogen) atoms. The minimum Gasteiger partial charge on any atom is -0.338 e. The van der Waals surface area contributed by atoms with E-state index in [0.717, 1.165) is 4.31 Å². The molecule has 1 heterocycles. The Balaban J connectivity index is 2.17. The summed E-state index contributed by atoms with van der Waals surface area (Å²) in [6.45, 7) is 1.74. The van der Waals surface area contributed by atoms with E-state index in [9.17, 15) is 13.2 Å². The van der Waals surface area contributed by atoms with Crippen LogP contribution in [-0.2, 0) is 10.0 Å². The zero-order valence-electron chi connectivity index (χ0n) is 11.8. The van der Waals surface area contributed by atoms with Gasteiger partial charge in [-0.3, -0.25) is 10.1 Å². The quantitative estimate of drug-likeness (QED) is 0.923. The Kier molecular flexibility index (Phi) is 4.10. The van der Waals surface area contributed by atoms with Gasteiger partial charge in [-0.05, 0) is 31.2 Å². The number of aryl methyl sites for hydroxylation is 1. The molecule has 8 heteroatoms. The molecule has 2 rings (SSSR count). The van der Waals surface area contributed by atoms with Gasteiger partial charge in [0.15, 0.2) is 0 Å². The van der Waals surface area contributed by atoms with Crippen LogP contribution in [0.15, 0.2) is 39.8 Å². The molecule has 1 aromatic heterocycles. The van der Waals surface area contributed by atoms with Crippen LogP contribution in [0, 0.1) is 6.92 Å². The first-order valence-electron chi connectivity index (χ1n) is 6.08. The van der Waals surface area contributed by atoms with Gasteiger partial charge in [-0.1, -0.05) is 5.16 Å². The number of hydrogen-bond donors (Lipinski definition) is 1. The van der Waals surface area contributed by atoms with Crippen molar-refractivity contribution in [2.24, 2.45) is 0 Å². The highest BCUT2D eigenvalue weighted by atomic mass is 32.2. The predicted molar refractivity (Wildman–Crippen MR) is 76.5 cm³/mol. The molecule has 7 nitrogen and oxygen atoms in total. The average molecular weight is 309 g/mol. The van der Waals surface area contributed by atoms with Crippen molar-refractivity contribution in [3.63, 3.8) is 0 Å². The first kappa shape index (κ1) is 15.2. The number of anilines is 1. The van der Waals surface area contributed by atoms with E-state index >= 15 is 0 Å². The van der Waals surface area contributed by atoms with E-state index in [0.29, 0.717) is 11.3 Å². The lowest BCUT2D eigenvalue weighted by molar-refractivity contribution is 0.102. The van der Waals surface area contributed by atoms with Crippen molar-refractivity contribution in [3.8, 4) is 0 Å². The molecule has 0 bridgehead atoms. The molecular formula is C13H15N3O4S. The van der Waals surface area contributed by atoms with Crippen molar-refractivity contribution in [1.29, 1.82) is 0 Å². The molecule has 0 spiro atoms. The van der Waals surface area contributed by atoms with E-state index in [1.165, 1.54) is 38.4 Å². The van der Waals surface area contributed by atoms with Gasteiger partial charge in [0.1, 0.15) is 0 Å². The van der Waals surface area contributed by atoms with Crippen molar-refractivity contribution >= 4 is 21.8 Å². The number of carbonyl (C=O) groups is 1. The topological polar surface area (TPSA) is 92.5 Å². The average Bonchev–Trinajstić information content (AvgIpc) is 2.84. The third-order valence-corrected chi connectivity index (χ3v) is 4.59. The predicted octanol–water partition coefficient (Wildman–Crippen LogP) is 1.49. The maximum Gasteiger partial charge on any atom is 0.258 e. The van der Waals surface area contributed by atoms with Crippen molar-refractivity contribution in [3.05, 3.63) is 41.6 Å². The largest absolute Gasteiger partial charge is 0.338 e. The molecule has 0 saturated carbocycles. The second-order valence-corrected chi connectivity index (χ2v) is 6.75.